The lowest BCUT2D eigenvalue weighted by Crippen LogP contribution is -2.42. The van der Waals surface area contributed by atoms with Crippen LogP contribution in [0.1, 0.15) is 33.6 Å². The van der Waals surface area contributed by atoms with Gasteiger partial charge in [0, 0.05) is 6.42 Å². The van der Waals surface area contributed by atoms with Crippen LogP contribution in [0.3, 0.4) is 0 Å². The average Bonchev–Trinajstić information content (AvgIpc) is 2.46. The number of esters is 1. The van der Waals surface area contributed by atoms with Gasteiger partial charge in [0.25, 0.3) is 0 Å². The van der Waals surface area contributed by atoms with E-state index in [0.717, 1.165) is 6.42 Å². The normalized spacial score (nSPS) is 23.0. The Balaban J connectivity index is 2.40. The molecular formula is C11H22O3Si. The molecule has 0 aliphatic carbocycles. The summed E-state index contributed by atoms with van der Waals surface area (Å²) in [4.78, 5) is 10.9. The molecule has 0 N–H and O–H groups in total. The Labute approximate surface area is 93.3 Å². The van der Waals surface area contributed by atoms with Gasteiger partial charge >= 0.3 is 5.97 Å². The molecule has 0 aromatic rings. The summed E-state index contributed by atoms with van der Waals surface area (Å²) < 4.78 is 11.1. The van der Waals surface area contributed by atoms with E-state index in [9.17, 15) is 4.79 Å². The molecule has 1 saturated heterocycles. The molecule has 3 nitrogen and oxygen atoms in total. The minimum Gasteiger partial charge on any atom is -0.460 e. The van der Waals surface area contributed by atoms with Crippen molar-refractivity contribution in [1.29, 1.82) is 0 Å². The molecule has 1 unspecified atom stereocenters. The molecular weight excluding hydrogens is 208 g/mol. The first kappa shape index (κ1) is 12.7. The number of hydrogen-bond acceptors (Lipinski definition) is 3. The van der Waals surface area contributed by atoms with E-state index in [1.807, 2.05) is 0 Å². The molecule has 1 aliphatic rings. The predicted molar refractivity (Wildman–Crippen MR) is 62.3 cm³/mol. The first-order valence-electron chi connectivity index (χ1n) is 5.56. The highest BCUT2D eigenvalue weighted by atomic mass is 28.4. The van der Waals surface area contributed by atoms with Gasteiger partial charge in [-0.25, -0.2) is 0 Å². The van der Waals surface area contributed by atoms with Crippen LogP contribution < -0.4 is 0 Å². The van der Waals surface area contributed by atoms with E-state index < -0.39 is 8.32 Å². The Morgan fingerprint density at radius 1 is 1.47 bits per heavy atom. The van der Waals surface area contributed by atoms with Crippen LogP contribution in [0.15, 0.2) is 0 Å². The van der Waals surface area contributed by atoms with Crippen molar-refractivity contribution in [2.75, 3.05) is 6.61 Å². The van der Waals surface area contributed by atoms with Crippen molar-refractivity contribution >= 4 is 14.3 Å². The van der Waals surface area contributed by atoms with Gasteiger partial charge in [-0.05, 0) is 24.6 Å². The summed E-state index contributed by atoms with van der Waals surface area (Å²) in [6, 6.07) is 0. The molecule has 0 bridgehead atoms. The summed E-state index contributed by atoms with van der Waals surface area (Å²) in [6.07, 6.45) is 1.35. The quantitative estimate of drug-likeness (QED) is 0.552. The highest BCUT2D eigenvalue weighted by Crippen LogP contribution is 2.36. The van der Waals surface area contributed by atoms with E-state index in [2.05, 4.69) is 33.9 Å². The Bertz CT molecular complexity index is 243. The molecule has 1 rings (SSSR count). The Hall–Kier alpha value is -0.353. The molecule has 1 heterocycles. The van der Waals surface area contributed by atoms with Gasteiger partial charge < -0.3 is 9.16 Å². The van der Waals surface area contributed by atoms with Crippen molar-refractivity contribution in [2.45, 2.75) is 57.8 Å². The smallest absolute Gasteiger partial charge is 0.306 e. The fourth-order valence-corrected chi connectivity index (χ4v) is 2.25. The lowest BCUT2D eigenvalue weighted by molar-refractivity contribution is -0.142. The molecule has 15 heavy (non-hydrogen) atoms. The van der Waals surface area contributed by atoms with Crippen molar-refractivity contribution in [3.05, 3.63) is 0 Å². The third kappa shape index (κ3) is 3.31. The van der Waals surface area contributed by atoms with Gasteiger partial charge in [-0.15, -0.1) is 0 Å². The van der Waals surface area contributed by atoms with E-state index in [1.54, 1.807) is 0 Å². The number of ether oxygens (including phenoxy) is 1. The number of carbonyl (C=O) groups is 1. The van der Waals surface area contributed by atoms with Crippen molar-refractivity contribution in [3.8, 4) is 0 Å². The van der Waals surface area contributed by atoms with Gasteiger partial charge in [0.1, 0.15) is 6.10 Å². The van der Waals surface area contributed by atoms with Crippen LogP contribution in [0.5, 0.6) is 0 Å². The van der Waals surface area contributed by atoms with Crippen LogP contribution in [0.4, 0.5) is 0 Å². The molecule has 0 spiro atoms. The van der Waals surface area contributed by atoms with E-state index in [-0.39, 0.29) is 17.1 Å². The summed E-state index contributed by atoms with van der Waals surface area (Å²) in [5.41, 5.74) is 0. The van der Waals surface area contributed by atoms with Gasteiger partial charge in [0.15, 0.2) is 8.32 Å². The van der Waals surface area contributed by atoms with Gasteiger partial charge in [-0.1, -0.05) is 20.8 Å². The summed E-state index contributed by atoms with van der Waals surface area (Å²) in [6.45, 7) is 11.6. The van der Waals surface area contributed by atoms with E-state index >= 15 is 0 Å². The Morgan fingerprint density at radius 3 is 2.47 bits per heavy atom. The largest absolute Gasteiger partial charge is 0.460 e. The molecule has 88 valence electrons. The monoisotopic (exact) mass is 230 g/mol. The predicted octanol–water partition coefficient (Wildman–Crippen LogP) is 2.71. The van der Waals surface area contributed by atoms with Crippen molar-refractivity contribution in [1.82, 2.24) is 0 Å². The maximum absolute atomic E-state index is 10.9. The van der Waals surface area contributed by atoms with Gasteiger partial charge in [0.2, 0.25) is 0 Å². The second kappa shape index (κ2) is 4.26. The minimum atomic E-state index is -1.69. The topological polar surface area (TPSA) is 35.5 Å². The second-order valence-corrected chi connectivity index (χ2v) is 10.5. The van der Waals surface area contributed by atoms with Crippen molar-refractivity contribution < 1.29 is 14.0 Å². The molecule has 4 heteroatoms. The van der Waals surface area contributed by atoms with E-state index in [1.165, 1.54) is 0 Å². The maximum Gasteiger partial charge on any atom is 0.306 e. The summed E-state index contributed by atoms with van der Waals surface area (Å²) in [7, 11) is -1.69. The number of rotatable bonds is 3. The maximum atomic E-state index is 10.9. The highest BCUT2D eigenvalue weighted by molar-refractivity contribution is 6.74. The molecule has 0 amide bonds. The fraction of sp³-hybridized carbons (Fsp3) is 0.909. The van der Waals surface area contributed by atoms with E-state index in [0.29, 0.717) is 13.0 Å². The minimum absolute atomic E-state index is 0.00775. The standard InChI is InChI=1S/C11H22O3Si/c1-11(2,3)15(4,5)13-8-9-6-7-10(12)14-9/h9H,6-8H2,1-5H3. The van der Waals surface area contributed by atoms with Crippen LogP contribution >= 0.6 is 0 Å². The number of cyclic esters (lactones) is 1. The molecule has 1 fully saturated rings. The zero-order valence-corrected chi connectivity index (χ0v) is 11.4. The fourth-order valence-electron chi connectivity index (χ4n) is 1.22. The zero-order chi connectivity index (χ0) is 11.7. The van der Waals surface area contributed by atoms with Crippen LogP contribution in [0.25, 0.3) is 0 Å². The summed E-state index contributed by atoms with van der Waals surface area (Å²) in [5, 5.41) is 0.218. The lowest BCUT2D eigenvalue weighted by Gasteiger charge is -2.36. The SMILES string of the molecule is CC(C)(C)[Si](C)(C)OCC1CCC(=O)O1. The average molecular weight is 230 g/mol. The van der Waals surface area contributed by atoms with Crippen LogP contribution in [0.2, 0.25) is 18.1 Å². The first-order chi connectivity index (χ1) is 6.72. The molecule has 1 aliphatic heterocycles. The third-order valence-corrected chi connectivity index (χ3v) is 7.91. The first-order valence-corrected chi connectivity index (χ1v) is 8.47. The molecule has 0 saturated carbocycles. The highest BCUT2D eigenvalue weighted by Gasteiger charge is 2.38. The number of carbonyl (C=O) groups excluding carboxylic acids is 1. The molecule has 0 aromatic carbocycles. The van der Waals surface area contributed by atoms with Gasteiger partial charge in [-0.3, -0.25) is 4.79 Å². The molecule has 1 atom stereocenters. The van der Waals surface area contributed by atoms with Gasteiger partial charge in [-0.2, -0.15) is 0 Å². The summed E-state index contributed by atoms with van der Waals surface area (Å²) >= 11 is 0. The molecule has 0 aromatic heterocycles. The second-order valence-electron chi connectivity index (χ2n) is 5.72. The zero-order valence-electron chi connectivity index (χ0n) is 10.4. The van der Waals surface area contributed by atoms with Crippen LogP contribution in [-0.4, -0.2) is 27.0 Å². The van der Waals surface area contributed by atoms with Gasteiger partial charge in [0.05, 0.1) is 6.61 Å². The lowest BCUT2D eigenvalue weighted by atomic mass is 10.2. The summed E-state index contributed by atoms with van der Waals surface area (Å²) in [5.74, 6) is -0.0844. The number of hydrogen-bond donors (Lipinski definition) is 0. The third-order valence-electron chi connectivity index (χ3n) is 3.40. The Morgan fingerprint density at radius 2 is 2.07 bits per heavy atom. The van der Waals surface area contributed by atoms with Crippen LogP contribution in [0, 0.1) is 0 Å². The molecule has 0 radical (unpaired) electrons. The Kier molecular flexibility index (Phi) is 3.61. The van der Waals surface area contributed by atoms with Crippen LogP contribution in [-0.2, 0) is 14.0 Å². The van der Waals surface area contributed by atoms with Crippen molar-refractivity contribution in [3.63, 3.8) is 0 Å². The van der Waals surface area contributed by atoms with Crippen molar-refractivity contribution in [2.24, 2.45) is 0 Å². The van der Waals surface area contributed by atoms with E-state index in [4.69, 9.17) is 9.16 Å².